The normalized spacial score (nSPS) is 12.0. The molecule has 0 saturated heterocycles. The second kappa shape index (κ2) is 8.72. The quantitative estimate of drug-likeness (QED) is 0.691. The van der Waals surface area contributed by atoms with E-state index >= 15 is 0 Å². The number of hydrogen-bond acceptors (Lipinski definition) is 3. The van der Waals surface area contributed by atoms with E-state index in [1.54, 1.807) is 30.7 Å². The average Bonchev–Trinajstić information content (AvgIpc) is 2.69. The van der Waals surface area contributed by atoms with Crippen molar-refractivity contribution in [2.24, 2.45) is 0 Å². The first-order chi connectivity index (χ1) is 12.7. The molecule has 0 aliphatic rings. The zero-order valence-corrected chi connectivity index (χ0v) is 14.7. The number of nitrogens with one attached hydrogen (secondary N) is 1. The Balaban J connectivity index is 1.74. The molecule has 0 fully saturated rings. The van der Waals surface area contributed by atoms with E-state index in [2.05, 4.69) is 46.5 Å². The number of rotatable bonds is 6. The van der Waals surface area contributed by atoms with E-state index in [0.29, 0.717) is 6.42 Å². The number of aromatic nitrogens is 2. The zero-order valence-electron chi connectivity index (χ0n) is 14.7. The number of pyridine rings is 2. The van der Waals surface area contributed by atoms with Crippen molar-refractivity contribution in [2.75, 3.05) is 0 Å². The molecular weight excluding hydrogens is 322 g/mol. The first-order valence-electron chi connectivity index (χ1n) is 8.56. The maximum Gasteiger partial charge on any atom is 0.244 e. The molecule has 1 amide bonds. The summed E-state index contributed by atoms with van der Waals surface area (Å²) in [4.78, 5) is 20.8. The van der Waals surface area contributed by atoms with Crippen LogP contribution in [0.25, 0.3) is 6.08 Å². The van der Waals surface area contributed by atoms with E-state index in [0.717, 1.165) is 16.8 Å². The number of aryl methyl sites for hydroxylation is 1. The van der Waals surface area contributed by atoms with Gasteiger partial charge in [-0.05, 0) is 54.8 Å². The van der Waals surface area contributed by atoms with Gasteiger partial charge in [-0.15, -0.1) is 0 Å². The van der Waals surface area contributed by atoms with Gasteiger partial charge in [-0.3, -0.25) is 14.8 Å². The lowest BCUT2D eigenvalue weighted by Crippen LogP contribution is -2.29. The molecule has 0 spiro atoms. The van der Waals surface area contributed by atoms with Gasteiger partial charge in [-0.2, -0.15) is 0 Å². The minimum atomic E-state index is -0.187. The molecule has 0 unspecified atom stereocenters. The van der Waals surface area contributed by atoms with Gasteiger partial charge in [0.25, 0.3) is 0 Å². The van der Waals surface area contributed by atoms with Gasteiger partial charge in [0.05, 0.1) is 11.7 Å². The molecule has 1 N–H and O–H groups in total. The molecule has 0 aliphatic heterocycles. The van der Waals surface area contributed by atoms with Crippen LogP contribution < -0.4 is 5.32 Å². The summed E-state index contributed by atoms with van der Waals surface area (Å²) in [6, 6.07) is 17.6. The molecule has 130 valence electrons. The molecule has 4 heteroatoms. The van der Waals surface area contributed by atoms with Crippen LogP contribution in [0.1, 0.15) is 28.4 Å². The fourth-order valence-electron chi connectivity index (χ4n) is 2.64. The van der Waals surface area contributed by atoms with E-state index < -0.39 is 0 Å². The molecule has 2 heterocycles. The summed E-state index contributed by atoms with van der Waals surface area (Å²) >= 11 is 0. The van der Waals surface area contributed by atoms with Gasteiger partial charge in [0.2, 0.25) is 5.91 Å². The third-order valence-corrected chi connectivity index (χ3v) is 4.05. The first-order valence-corrected chi connectivity index (χ1v) is 8.56. The van der Waals surface area contributed by atoms with Crippen molar-refractivity contribution < 1.29 is 4.79 Å². The smallest absolute Gasteiger partial charge is 0.244 e. The van der Waals surface area contributed by atoms with Gasteiger partial charge in [0.1, 0.15) is 0 Å². The van der Waals surface area contributed by atoms with Crippen LogP contribution in [0.4, 0.5) is 0 Å². The van der Waals surface area contributed by atoms with E-state index in [4.69, 9.17) is 0 Å². The number of nitrogens with zero attached hydrogens (tertiary/aromatic N) is 2. The third-order valence-electron chi connectivity index (χ3n) is 4.05. The molecule has 3 rings (SSSR count). The molecule has 4 nitrogen and oxygen atoms in total. The average molecular weight is 343 g/mol. The Labute approximate surface area is 153 Å². The van der Waals surface area contributed by atoms with E-state index in [9.17, 15) is 4.79 Å². The lowest BCUT2D eigenvalue weighted by atomic mass is 10.0. The van der Waals surface area contributed by atoms with Crippen LogP contribution in [-0.4, -0.2) is 15.9 Å². The summed E-state index contributed by atoms with van der Waals surface area (Å²) in [5.74, 6) is -0.149. The second-order valence-electron chi connectivity index (χ2n) is 6.12. The van der Waals surface area contributed by atoms with Gasteiger partial charge in [-0.25, -0.2) is 0 Å². The van der Waals surface area contributed by atoms with Crippen LogP contribution >= 0.6 is 0 Å². The largest absolute Gasteiger partial charge is 0.344 e. The van der Waals surface area contributed by atoms with Gasteiger partial charge in [0, 0.05) is 24.7 Å². The highest BCUT2D eigenvalue weighted by atomic mass is 16.1. The van der Waals surface area contributed by atoms with E-state index in [1.807, 2.05) is 30.3 Å². The highest BCUT2D eigenvalue weighted by Crippen LogP contribution is 2.17. The SMILES string of the molecule is Cc1ccc(C[C@H](NC(=O)/C=C/c2ccncc2)c2ccccn2)cc1. The van der Waals surface area contributed by atoms with Crippen LogP contribution in [0, 0.1) is 6.92 Å². The van der Waals surface area contributed by atoms with Crippen molar-refractivity contribution in [2.45, 2.75) is 19.4 Å². The number of carbonyl (C=O) groups excluding carboxylic acids is 1. The van der Waals surface area contributed by atoms with Gasteiger partial charge in [-0.1, -0.05) is 35.9 Å². The van der Waals surface area contributed by atoms with Crippen LogP contribution in [0.15, 0.2) is 79.3 Å². The number of hydrogen-bond donors (Lipinski definition) is 1. The van der Waals surface area contributed by atoms with E-state index in [1.165, 1.54) is 5.56 Å². The summed E-state index contributed by atoms with van der Waals surface area (Å²) in [7, 11) is 0. The van der Waals surface area contributed by atoms with Gasteiger partial charge < -0.3 is 5.32 Å². The summed E-state index contributed by atoms with van der Waals surface area (Å²) in [6.45, 7) is 2.06. The molecule has 3 aromatic rings. The minimum absolute atomic E-state index is 0.149. The Bertz CT molecular complexity index is 859. The Kier molecular flexibility index (Phi) is 5.88. The van der Waals surface area contributed by atoms with Crippen molar-refractivity contribution >= 4 is 12.0 Å². The molecule has 0 radical (unpaired) electrons. The molecule has 0 bridgehead atoms. The maximum absolute atomic E-state index is 12.4. The fourth-order valence-corrected chi connectivity index (χ4v) is 2.64. The zero-order chi connectivity index (χ0) is 18.2. The topological polar surface area (TPSA) is 54.9 Å². The Morgan fingerprint density at radius 3 is 2.50 bits per heavy atom. The standard InChI is InChI=1S/C22H21N3O/c1-17-5-7-19(8-6-17)16-21(20-4-2-3-13-24-20)25-22(26)10-9-18-11-14-23-15-12-18/h2-15,21H,16H2,1H3,(H,25,26)/b10-9+/t21-/m0/s1. The fraction of sp³-hybridized carbons (Fsp3) is 0.136. The lowest BCUT2D eigenvalue weighted by Gasteiger charge is -2.17. The molecule has 0 aliphatic carbocycles. The van der Waals surface area contributed by atoms with Crippen LogP contribution in [0.3, 0.4) is 0 Å². The number of carbonyl (C=O) groups is 1. The summed E-state index contributed by atoms with van der Waals surface area (Å²) < 4.78 is 0. The second-order valence-corrected chi connectivity index (χ2v) is 6.12. The van der Waals surface area contributed by atoms with Gasteiger partial charge >= 0.3 is 0 Å². The number of amides is 1. The Hall–Kier alpha value is -3.27. The minimum Gasteiger partial charge on any atom is -0.344 e. The molecule has 1 atom stereocenters. The van der Waals surface area contributed by atoms with Crippen molar-refractivity contribution in [3.8, 4) is 0 Å². The molecule has 2 aromatic heterocycles. The predicted octanol–water partition coefficient (Wildman–Crippen LogP) is 3.90. The van der Waals surface area contributed by atoms with E-state index in [-0.39, 0.29) is 11.9 Å². The monoisotopic (exact) mass is 343 g/mol. The maximum atomic E-state index is 12.4. The predicted molar refractivity (Wildman–Crippen MR) is 103 cm³/mol. The van der Waals surface area contributed by atoms with Crippen LogP contribution in [0.5, 0.6) is 0 Å². The third kappa shape index (κ3) is 5.11. The summed E-state index contributed by atoms with van der Waals surface area (Å²) in [6.07, 6.45) is 9.15. The molecule has 0 saturated carbocycles. The van der Waals surface area contributed by atoms with Crippen molar-refractivity contribution in [3.63, 3.8) is 0 Å². The van der Waals surface area contributed by atoms with Gasteiger partial charge in [0.15, 0.2) is 0 Å². The molecular formula is C22H21N3O. The first kappa shape index (κ1) is 17.5. The van der Waals surface area contributed by atoms with Crippen LogP contribution in [0.2, 0.25) is 0 Å². The van der Waals surface area contributed by atoms with Crippen molar-refractivity contribution in [1.82, 2.24) is 15.3 Å². The molecule has 1 aromatic carbocycles. The highest BCUT2D eigenvalue weighted by Gasteiger charge is 2.15. The Morgan fingerprint density at radius 2 is 1.81 bits per heavy atom. The lowest BCUT2D eigenvalue weighted by molar-refractivity contribution is -0.117. The molecule has 26 heavy (non-hydrogen) atoms. The Morgan fingerprint density at radius 1 is 1.04 bits per heavy atom. The van der Waals surface area contributed by atoms with Crippen molar-refractivity contribution in [3.05, 3.63) is 102 Å². The summed E-state index contributed by atoms with van der Waals surface area (Å²) in [5.41, 5.74) is 4.15. The summed E-state index contributed by atoms with van der Waals surface area (Å²) in [5, 5.41) is 3.06. The number of benzene rings is 1. The van der Waals surface area contributed by atoms with Crippen molar-refractivity contribution in [1.29, 1.82) is 0 Å². The van der Waals surface area contributed by atoms with Crippen LogP contribution in [-0.2, 0) is 11.2 Å². The highest BCUT2D eigenvalue weighted by molar-refractivity contribution is 5.91.